The van der Waals surface area contributed by atoms with Crippen LogP contribution >= 0.6 is 23.5 Å². The SMILES string of the molecule is CCS/N=C/c1cc(Cl)ccc1F. The first-order valence-electron chi connectivity index (χ1n) is 3.84. The van der Waals surface area contributed by atoms with Crippen LogP contribution in [-0.2, 0) is 0 Å². The van der Waals surface area contributed by atoms with Crippen LogP contribution in [0.25, 0.3) is 0 Å². The van der Waals surface area contributed by atoms with Crippen molar-refractivity contribution in [3.63, 3.8) is 0 Å². The molecule has 0 fully saturated rings. The van der Waals surface area contributed by atoms with Gasteiger partial charge in [-0.05, 0) is 30.1 Å². The zero-order valence-corrected chi connectivity index (χ0v) is 8.70. The van der Waals surface area contributed by atoms with E-state index in [0.29, 0.717) is 10.6 Å². The molecular weight excluding hydrogens is 209 g/mol. The van der Waals surface area contributed by atoms with Gasteiger partial charge in [-0.2, -0.15) is 0 Å². The van der Waals surface area contributed by atoms with E-state index >= 15 is 0 Å². The standard InChI is InChI=1S/C9H9ClFNS/c1-2-13-12-6-7-5-8(10)3-4-9(7)11/h3-6H,2H2,1H3/b12-6+. The van der Waals surface area contributed by atoms with Gasteiger partial charge in [0.2, 0.25) is 0 Å². The lowest BCUT2D eigenvalue weighted by Gasteiger charge is -1.96. The fourth-order valence-electron chi connectivity index (χ4n) is 0.782. The van der Waals surface area contributed by atoms with Crippen LogP contribution in [0.5, 0.6) is 0 Å². The van der Waals surface area contributed by atoms with Crippen LogP contribution in [0.4, 0.5) is 4.39 Å². The molecule has 1 aromatic rings. The van der Waals surface area contributed by atoms with E-state index in [0.717, 1.165) is 5.75 Å². The van der Waals surface area contributed by atoms with Gasteiger partial charge in [0.25, 0.3) is 0 Å². The molecule has 1 rings (SSSR count). The quantitative estimate of drug-likeness (QED) is 0.557. The Bertz CT molecular complexity index is 314. The van der Waals surface area contributed by atoms with E-state index in [1.165, 1.54) is 30.3 Å². The maximum absolute atomic E-state index is 13.0. The van der Waals surface area contributed by atoms with Gasteiger partial charge in [0, 0.05) is 22.6 Å². The zero-order chi connectivity index (χ0) is 9.68. The van der Waals surface area contributed by atoms with Gasteiger partial charge < -0.3 is 0 Å². The van der Waals surface area contributed by atoms with Crippen molar-refractivity contribution >= 4 is 29.8 Å². The molecule has 70 valence electrons. The minimum Gasteiger partial charge on any atom is -0.224 e. The average molecular weight is 218 g/mol. The number of nitrogens with zero attached hydrogens (tertiary/aromatic N) is 1. The molecule has 0 atom stereocenters. The molecule has 0 aliphatic heterocycles. The van der Waals surface area contributed by atoms with Crippen LogP contribution in [0.3, 0.4) is 0 Å². The van der Waals surface area contributed by atoms with Crippen molar-refractivity contribution in [3.05, 3.63) is 34.6 Å². The van der Waals surface area contributed by atoms with Crippen molar-refractivity contribution in [1.29, 1.82) is 0 Å². The highest BCUT2D eigenvalue weighted by Crippen LogP contribution is 2.13. The molecule has 0 saturated heterocycles. The first-order valence-corrected chi connectivity index (χ1v) is 5.16. The maximum atomic E-state index is 13.0. The fraction of sp³-hybridized carbons (Fsp3) is 0.222. The van der Waals surface area contributed by atoms with Crippen molar-refractivity contribution in [1.82, 2.24) is 0 Å². The highest BCUT2D eigenvalue weighted by molar-refractivity contribution is 7.98. The lowest BCUT2D eigenvalue weighted by Crippen LogP contribution is -1.86. The molecule has 0 aliphatic rings. The fourth-order valence-corrected chi connectivity index (χ4v) is 1.30. The van der Waals surface area contributed by atoms with E-state index in [1.807, 2.05) is 6.92 Å². The molecule has 13 heavy (non-hydrogen) atoms. The number of hydrogen-bond donors (Lipinski definition) is 0. The molecule has 0 bridgehead atoms. The Hall–Kier alpha value is -0.540. The Labute approximate surface area is 86.1 Å². The Balaban J connectivity index is 2.81. The third kappa shape index (κ3) is 3.36. The highest BCUT2D eigenvalue weighted by atomic mass is 35.5. The first kappa shape index (κ1) is 10.5. The molecule has 1 aromatic carbocycles. The molecule has 0 N–H and O–H groups in total. The van der Waals surface area contributed by atoms with Crippen molar-refractivity contribution in [3.8, 4) is 0 Å². The smallest absolute Gasteiger partial charge is 0.132 e. The Morgan fingerprint density at radius 3 is 3.08 bits per heavy atom. The lowest BCUT2D eigenvalue weighted by molar-refractivity contribution is 0.626. The molecule has 0 aliphatic carbocycles. The summed E-state index contributed by atoms with van der Waals surface area (Å²) in [4.78, 5) is 0. The summed E-state index contributed by atoms with van der Waals surface area (Å²) in [6.07, 6.45) is 1.48. The summed E-state index contributed by atoms with van der Waals surface area (Å²) >= 11 is 7.07. The summed E-state index contributed by atoms with van der Waals surface area (Å²) < 4.78 is 17.0. The molecule has 0 unspecified atom stereocenters. The molecule has 0 spiro atoms. The van der Waals surface area contributed by atoms with Crippen LogP contribution in [0, 0.1) is 5.82 Å². The summed E-state index contributed by atoms with van der Waals surface area (Å²) in [6.45, 7) is 1.98. The monoisotopic (exact) mass is 217 g/mol. The van der Waals surface area contributed by atoms with E-state index < -0.39 is 0 Å². The van der Waals surface area contributed by atoms with Crippen molar-refractivity contribution in [2.45, 2.75) is 6.92 Å². The third-order valence-corrected chi connectivity index (χ3v) is 2.10. The van der Waals surface area contributed by atoms with Gasteiger partial charge in [0.05, 0.1) is 0 Å². The minimum absolute atomic E-state index is 0.301. The van der Waals surface area contributed by atoms with E-state index in [1.54, 1.807) is 6.07 Å². The predicted octanol–water partition coefficient (Wildman–Crippen LogP) is 3.57. The van der Waals surface area contributed by atoms with E-state index in [9.17, 15) is 4.39 Å². The lowest BCUT2D eigenvalue weighted by atomic mass is 10.2. The van der Waals surface area contributed by atoms with Gasteiger partial charge in [-0.1, -0.05) is 18.5 Å². The van der Waals surface area contributed by atoms with Gasteiger partial charge in [0.1, 0.15) is 5.82 Å². The topological polar surface area (TPSA) is 12.4 Å². The molecule has 0 saturated carbocycles. The maximum Gasteiger partial charge on any atom is 0.132 e. The first-order chi connectivity index (χ1) is 6.24. The Morgan fingerprint density at radius 2 is 2.38 bits per heavy atom. The highest BCUT2D eigenvalue weighted by Gasteiger charge is 1.98. The summed E-state index contributed by atoms with van der Waals surface area (Å²) in [7, 11) is 0. The van der Waals surface area contributed by atoms with Gasteiger partial charge >= 0.3 is 0 Å². The van der Waals surface area contributed by atoms with Crippen LogP contribution in [0.1, 0.15) is 12.5 Å². The molecule has 1 nitrogen and oxygen atoms in total. The number of rotatable bonds is 3. The van der Waals surface area contributed by atoms with Crippen molar-refractivity contribution in [2.24, 2.45) is 4.40 Å². The van der Waals surface area contributed by atoms with Crippen LogP contribution in [0.2, 0.25) is 5.02 Å². The normalized spacial score (nSPS) is 11.0. The van der Waals surface area contributed by atoms with Crippen molar-refractivity contribution < 1.29 is 4.39 Å². The van der Waals surface area contributed by atoms with Crippen LogP contribution < -0.4 is 0 Å². The summed E-state index contributed by atoms with van der Waals surface area (Å²) in [5, 5.41) is 0.518. The summed E-state index contributed by atoms with van der Waals surface area (Å²) in [6, 6.07) is 4.40. The summed E-state index contributed by atoms with van der Waals surface area (Å²) in [5.41, 5.74) is 0.424. The van der Waals surface area contributed by atoms with E-state index in [-0.39, 0.29) is 5.82 Å². The van der Waals surface area contributed by atoms with Gasteiger partial charge in [0.15, 0.2) is 0 Å². The Kier molecular flexibility index (Phi) is 4.25. The summed E-state index contributed by atoms with van der Waals surface area (Å²) in [5.74, 6) is 0.573. The second-order valence-corrected chi connectivity index (χ2v) is 3.80. The Morgan fingerprint density at radius 1 is 1.62 bits per heavy atom. The van der Waals surface area contributed by atoms with Gasteiger partial charge in [-0.25, -0.2) is 8.79 Å². The average Bonchev–Trinajstić information content (AvgIpc) is 2.11. The molecule has 0 radical (unpaired) electrons. The van der Waals surface area contributed by atoms with Crippen molar-refractivity contribution in [2.75, 3.05) is 5.75 Å². The van der Waals surface area contributed by atoms with E-state index in [2.05, 4.69) is 4.40 Å². The second kappa shape index (κ2) is 5.25. The third-order valence-electron chi connectivity index (χ3n) is 1.35. The molecule has 0 aromatic heterocycles. The molecule has 0 amide bonds. The number of benzene rings is 1. The molecular formula is C9H9ClFNS. The van der Waals surface area contributed by atoms with Crippen LogP contribution in [-0.4, -0.2) is 12.0 Å². The van der Waals surface area contributed by atoms with Crippen LogP contribution in [0.15, 0.2) is 22.6 Å². The predicted molar refractivity (Wildman–Crippen MR) is 57.1 cm³/mol. The van der Waals surface area contributed by atoms with Gasteiger partial charge in [-0.3, -0.25) is 0 Å². The second-order valence-electron chi connectivity index (χ2n) is 2.32. The number of halogens is 2. The molecule has 0 heterocycles. The van der Waals surface area contributed by atoms with E-state index in [4.69, 9.17) is 11.6 Å². The largest absolute Gasteiger partial charge is 0.224 e. The number of hydrogen-bond acceptors (Lipinski definition) is 2. The molecule has 4 heteroatoms. The zero-order valence-electron chi connectivity index (χ0n) is 7.13. The van der Waals surface area contributed by atoms with Gasteiger partial charge in [-0.15, -0.1) is 0 Å². The minimum atomic E-state index is -0.301.